The molecule has 0 bridgehead atoms. The zero-order chi connectivity index (χ0) is 21.3. The maximum atomic E-state index is 12.5. The number of unbranched alkanes of at least 4 members (excludes halogenated alkanes) is 1. The number of amides is 2. The van der Waals surface area contributed by atoms with Crippen molar-refractivity contribution < 1.29 is 14.3 Å². The van der Waals surface area contributed by atoms with Gasteiger partial charge in [0.05, 0.1) is 0 Å². The fourth-order valence-electron chi connectivity index (χ4n) is 2.67. The van der Waals surface area contributed by atoms with Gasteiger partial charge in [-0.1, -0.05) is 48.9 Å². The Morgan fingerprint density at radius 2 is 1.90 bits per heavy atom. The van der Waals surface area contributed by atoms with Crippen LogP contribution >= 0.6 is 11.3 Å². The summed E-state index contributed by atoms with van der Waals surface area (Å²) in [7, 11) is 0. The molecule has 2 amide bonds. The fraction of sp³-hybridized carbons (Fsp3) is 0.273. The molecule has 2 N–H and O–H groups in total. The summed E-state index contributed by atoms with van der Waals surface area (Å²) < 4.78 is 5.75. The molecule has 0 radical (unpaired) electrons. The van der Waals surface area contributed by atoms with Gasteiger partial charge in [-0.15, -0.1) is 10.2 Å². The van der Waals surface area contributed by atoms with Crippen LogP contribution in [-0.2, 0) is 6.61 Å². The smallest absolute Gasteiger partial charge is 0.286 e. The standard InChI is InChI=1S/C22H24N4O3S/c1-3-4-12-23-20(27)16-9-7-10-17(13-16)24-21(28)22-26-25-19(30-22)14-29-18-11-6-5-8-15(18)2/h5-11,13H,3-4,12,14H2,1-2H3,(H,23,27)(H,24,28). The van der Waals surface area contributed by atoms with E-state index in [0.717, 1.165) is 24.2 Å². The fourth-order valence-corrected chi connectivity index (χ4v) is 3.31. The van der Waals surface area contributed by atoms with Crippen molar-refractivity contribution >= 4 is 28.8 Å². The van der Waals surface area contributed by atoms with E-state index < -0.39 is 0 Å². The van der Waals surface area contributed by atoms with Crippen molar-refractivity contribution in [3.05, 3.63) is 69.7 Å². The second-order valence-corrected chi connectivity index (χ2v) is 7.76. The van der Waals surface area contributed by atoms with Gasteiger partial charge < -0.3 is 15.4 Å². The molecule has 3 rings (SSSR count). The van der Waals surface area contributed by atoms with E-state index in [1.807, 2.05) is 31.2 Å². The van der Waals surface area contributed by atoms with E-state index in [0.29, 0.717) is 22.8 Å². The van der Waals surface area contributed by atoms with Crippen molar-refractivity contribution in [1.82, 2.24) is 15.5 Å². The minimum absolute atomic E-state index is 0.161. The molecule has 0 aliphatic carbocycles. The number of nitrogens with zero attached hydrogens (tertiary/aromatic N) is 2. The number of hydrogen-bond donors (Lipinski definition) is 2. The first-order valence-electron chi connectivity index (χ1n) is 9.77. The molecule has 3 aromatic rings. The third kappa shape index (κ3) is 5.87. The van der Waals surface area contributed by atoms with Crippen molar-refractivity contribution in [3.63, 3.8) is 0 Å². The van der Waals surface area contributed by atoms with Gasteiger partial charge in [-0.25, -0.2) is 0 Å². The van der Waals surface area contributed by atoms with Gasteiger partial charge >= 0.3 is 0 Å². The zero-order valence-electron chi connectivity index (χ0n) is 17.0. The topological polar surface area (TPSA) is 93.2 Å². The molecule has 1 aromatic heterocycles. The van der Waals surface area contributed by atoms with Crippen molar-refractivity contribution in [2.24, 2.45) is 0 Å². The minimum Gasteiger partial charge on any atom is -0.486 e. The van der Waals surface area contributed by atoms with E-state index in [2.05, 4.69) is 27.8 Å². The van der Waals surface area contributed by atoms with Gasteiger partial charge in [-0.05, 0) is 43.2 Å². The van der Waals surface area contributed by atoms with Gasteiger partial charge in [0.1, 0.15) is 12.4 Å². The number of nitrogens with one attached hydrogen (secondary N) is 2. The lowest BCUT2D eigenvalue weighted by Crippen LogP contribution is -2.24. The molecule has 156 valence electrons. The summed E-state index contributed by atoms with van der Waals surface area (Å²) in [5.41, 5.74) is 2.04. The van der Waals surface area contributed by atoms with E-state index >= 15 is 0 Å². The number of aryl methyl sites for hydroxylation is 1. The van der Waals surface area contributed by atoms with Crippen LogP contribution in [0.2, 0.25) is 0 Å². The van der Waals surface area contributed by atoms with Crippen LogP contribution in [0.5, 0.6) is 5.75 Å². The monoisotopic (exact) mass is 424 g/mol. The highest BCUT2D eigenvalue weighted by atomic mass is 32.1. The first-order chi connectivity index (χ1) is 14.6. The van der Waals surface area contributed by atoms with Gasteiger partial charge in [-0.2, -0.15) is 0 Å². The molecular formula is C22H24N4O3S. The average Bonchev–Trinajstić information content (AvgIpc) is 3.23. The molecule has 0 saturated heterocycles. The van der Waals surface area contributed by atoms with Gasteiger partial charge in [-0.3, -0.25) is 9.59 Å². The summed E-state index contributed by atoms with van der Waals surface area (Å²) in [5, 5.41) is 14.4. The number of hydrogen-bond acceptors (Lipinski definition) is 6. The molecule has 0 fully saturated rings. The molecule has 7 nitrogen and oxygen atoms in total. The Morgan fingerprint density at radius 3 is 2.70 bits per heavy atom. The summed E-state index contributed by atoms with van der Waals surface area (Å²) in [5.74, 6) is 0.233. The Kier molecular flexibility index (Phi) is 7.51. The molecule has 30 heavy (non-hydrogen) atoms. The second-order valence-electron chi connectivity index (χ2n) is 6.70. The van der Waals surface area contributed by atoms with Crippen LogP contribution in [0.1, 0.15) is 50.5 Å². The summed E-state index contributed by atoms with van der Waals surface area (Å²) in [4.78, 5) is 24.7. The number of carbonyl (C=O) groups excluding carboxylic acids is 2. The number of aromatic nitrogens is 2. The zero-order valence-corrected chi connectivity index (χ0v) is 17.8. The normalized spacial score (nSPS) is 10.5. The highest BCUT2D eigenvalue weighted by Gasteiger charge is 2.15. The van der Waals surface area contributed by atoms with Crippen LogP contribution in [0, 0.1) is 6.92 Å². The molecule has 0 saturated carbocycles. The van der Waals surface area contributed by atoms with Crippen molar-refractivity contribution in [1.29, 1.82) is 0 Å². The van der Waals surface area contributed by atoms with Gasteiger partial charge in [0, 0.05) is 17.8 Å². The van der Waals surface area contributed by atoms with E-state index in [1.165, 1.54) is 11.3 Å². The second kappa shape index (κ2) is 10.5. The lowest BCUT2D eigenvalue weighted by atomic mass is 10.2. The number of carbonyl (C=O) groups is 2. The summed E-state index contributed by atoms with van der Waals surface area (Å²) in [6.07, 6.45) is 1.94. The number of benzene rings is 2. The highest BCUT2D eigenvalue weighted by Crippen LogP contribution is 2.20. The van der Waals surface area contributed by atoms with E-state index in [9.17, 15) is 9.59 Å². The lowest BCUT2D eigenvalue weighted by molar-refractivity contribution is 0.0951. The largest absolute Gasteiger partial charge is 0.486 e. The average molecular weight is 425 g/mol. The molecule has 2 aromatic carbocycles. The number of ether oxygens (including phenoxy) is 1. The molecule has 0 atom stereocenters. The summed E-state index contributed by atoms with van der Waals surface area (Å²) in [6, 6.07) is 14.5. The van der Waals surface area contributed by atoms with Crippen LogP contribution in [0.3, 0.4) is 0 Å². The quantitative estimate of drug-likeness (QED) is 0.502. The van der Waals surface area contributed by atoms with E-state index in [1.54, 1.807) is 24.3 Å². The Balaban J connectivity index is 1.58. The Hall–Kier alpha value is -3.26. The molecule has 0 spiro atoms. The van der Waals surface area contributed by atoms with Crippen LogP contribution in [0.25, 0.3) is 0 Å². The molecular weight excluding hydrogens is 400 g/mol. The van der Waals surface area contributed by atoms with Crippen molar-refractivity contribution in [2.75, 3.05) is 11.9 Å². The molecule has 0 unspecified atom stereocenters. The molecule has 0 aliphatic heterocycles. The van der Waals surface area contributed by atoms with Gasteiger partial charge in [0.15, 0.2) is 5.01 Å². The Bertz CT molecular complexity index is 1020. The third-order valence-corrected chi connectivity index (χ3v) is 5.20. The maximum Gasteiger partial charge on any atom is 0.286 e. The first kappa shape index (κ1) is 21.4. The van der Waals surface area contributed by atoms with Crippen LogP contribution in [0.15, 0.2) is 48.5 Å². The predicted molar refractivity (Wildman–Crippen MR) is 117 cm³/mol. The third-order valence-electron chi connectivity index (χ3n) is 4.30. The highest BCUT2D eigenvalue weighted by molar-refractivity contribution is 7.13. The molecule has 1 heterocycles. The van der Waals surface area contributed by atoms with Gasteiger partial charge in [0.2, 0.25) is 5.01 Å². The van der Waals surface area contributed by atoms with Crippen molar-refractivity contribution in [2.45, 2.75) is 33.3 Å². The van der Waals surface area contributed by atoms with Crippen molar-refractivity contribution in [3.8, 4) is 5.75 Å². The molecule has 8 heteroatoms. The number of para-hydroxylation sites is 1. The van der Waals surface area contributed by atoms with Crippen LogP contribution < -0.4 is 15.4 Å². The maximum absolute atomic E-state index is 12.5. The van der Waals surface area contributed by atoms with Crippen LogP contribution in [-0.4, -0.2) is 28.6 Å². The summed E-state index contributed by atoms with van der Waals surface area (Å²) in [6.45, 7) is 4.90. The van der Waals surface area contributed by atoms with E-state index in [-0.39, 0.29) is 23.4 Å². The Morgan fingerprint density at radius 1 is 1.07 bits per heavy atom. The summed E-state index contributed by atoms with van der Waals surface area (Å²) >= 11 is 1.17. The SMILES string of the molecule is CCCCNC(=O)c1cccc(NC(=O)c2nnc(COc3ccccc3C)s2)c1. The Labute approximate surface area is 179 Å². The minimum atomic E-state index is -0.377. The number of anilines is 1. The van der Waals surface area contributed by atoms with Crippen LogP contribution in [0.4, 0.5) is 5.69 Å². The van der Waals surface area contributed by atoms with Gasteiger partial charge in [0.25, 0.3) is 11.8 Å². The number of rotatable bonds is 9. The first-order valence-corrected chi connectivity index (χ1v) is 10.6. The lowest BCUT2D eigenvalue weighted by Gasteiger charge is -2.07. The van der Waals surface area contributed by atoms with E-state index in [4.69, 9.17) is 4.74 Å². The molecule has 0 aliphatic rings. The predicted octanol–water partition coefficient (Wildman–Crippen LogP) is 4.21.